The summed E-state index contributed by atoms with van der Waals surface area (Å²) in [7, 11) is -4.04. The van der Waals surface area contributed by atoms with E-state index in [0.717, 1.165) is 12.1 Å². The minimum absolute atomic E-state index is 0.384. The van der Waals surface area contributed by atoms with Gasteiger partial charge in [0.1, 0.15) is 5.76 Å². The number of rotatable bonds is 5. The fourth-order valence-electron chi connectivity index (χ4n) is 1.70. The lowest BCUT2D eigenvalue weighted by Crippen LogP contribution is -2.26. The quantitative estimate of drug-likeness (QED) is 0.674. The van der Waals surface area contributed by atoms with Crippen LogP contribution >= 0.6 is 0 Å². The van der Waals surface area contributed by atoms with E-state index in [2.05, 4.69) is 4.72 Å². The Bertz CT molecular complexity index is 758. The molecule has 0 bridgehead atoms. The van der Waals surface area contributed by atoms with Crippen molar-refractivity contribution in [3.05, 3.63) is 58.3 Å². The van der Waals surface area contributed by atoms with E-state index in [1.165, 1.54) is 6.26 Å². The molecule has 0 saturated heterocycles. The van der Waals surface area contributed by atoms with E-state index >= 15 is 0 Å². The minimum Gasteiger partial charge on any atom is -0.468 e. The van der Waals surface area contributed by atoms with Crippen LogP contribution in [0, 0.1) is 15.9 Å². The molecule has 21 heavy (non-hydrogen) atoms. The first-order valence-electron chi connectivity index (χ1n) is 5.81. The van der Waals surface area contributed by atoms with Gasteiger partial charge in [-0.05, 0) is 31.2 Å². The first kappa shape index (κ1) is 15.1. The van der Waals surface area contributed by atoms with Crippen molar-refractivity contribution in [3.8, 4) is 0 Å². The van der Waals surface area contributed by atoms with Gasteiger partial charge >= 0.3 is 5.69 Å². The molecule has 9 heteroatoms. The van der Waals surface area contributed by atoms with Crippen LogP contribution in [-0.4, -0.2) is 13.3 Å². The number of sulfonamides is 1. The molecule has 0 saturated carbocycles. The number of nitrogens with zero attached hydrogens (tertiary/aromatic N) is 1. The van der Waals surface area contributed by atoms with Crippen LogP contribution in [0.5, 0.6) is 0 Å². The van der Waals surface area contributed by atoms with Crippen LogP contribution in [0.3, 0.4) is 0 Å². The highest BCUT2D eigenvalue weighted by Gasteiger charge is 2.24. The van der Waals surface area contributed by atoms with Gasteiger partial charge in [0.25, 0.3) is 0 Å². The van der Waals surface area contributed by atoms with Crippen LogP contribution in [0.15, 0.2) is 45.9 Å². The van der Waals surface area contributed by atoms with E-state index in [4.69, 9.17) is 4.42 Å². The molecule has 1 N–H and O–H groups in total. The van der Waals surface area contributed by atoms with Gasteiger partial charge in [-0.25, -0.2) is 13.1 Å². The van der Waals surface area contributed by atoms with Crippen molar-refractivity contribution in [2.45, 2.75) is 17.9 Å². The molecule has 1 heterocycles. The van der Waals surface area contributed by atoms with Crippen LogP contribution in [-0.2, 0) is 10.0 Å². The van der Waals surface area contributed by atoms with E-state index in [9.17, 15) is 22.9 Å². The molecule has 1 aromatic heterocycles. The van der Waals surface area contributed by atoms with Crippen LogP contribution in [0.25, 0.3) is 0 Å². The standard InChI is InChI=1S/C12H11FN2O5S/c1-8(12-3-2-6-20-12)14-21(18,19)9-4-5-10(13)11(7-9)15(16)17/h2-8,14H,1H3/t8-/m0/s1. The molecule has 112 valence electrons. The summed E-state index contributed by atoms with van der Waals surface area (Å²) >= 11 is 0. The molecule has 0 aliphatic heterocycles. The Labute approximate surface area is 119 Å². The van der Waals surface area contributed by atoms with Crippen molar-refractivity contribution in [2.24, 2.45) is 0 Å². The number of furan rings is 1. The van der Waals surface area contributed by atoms with Gasteiger partial charge in [-0.1, -0.05) is 0 Å². The average Bonchev–Trinajstić information content (AvgIpc) is 2.92. The first-order valence-corrected chi connectivity index (χ1v) is 7.29. The lowest BCUT2D eigenvalue weighted by atomic mass is 10.3. The number of nitro groups is 1. The van der Waals surface area contributed by atoms with Gasteiger partial charge in [-0.3, -0.25) is 10.1 Å². The van der Waals surface area contributed by atoms with Crippen molar-refractivity contribution < 1.29 is 22.1 Å². The highest BCUT2D eigenvalue weighted by Crippen LogP contribution is 2.23. The molecule has 0 aliphatic rings. The molecule has 0 fully saturated rings. The van der Waals surface area contributed by atoms with Gasteiger partial charge in [0.15, 0.2) is 0 Å². The largest absolute Gasteiger partial charge is 0.468 e. The maximum absolute atomic E-state index is 13.2. The van der Waals surface area contributed by atoms with E-state index in [-0.39, 0.29) is 0 Å². The third-order valence-electron chi connectivity index (χ3n) is 2.73. The molecule has 7 nitrogen and oxygen atoms in total. The fraction of sp³-hybridized carbons (Fsp3) is 0.167. The minimum atomic E-state index is -4.04. The molecule has 1 aromatic carbocycles. The number of nitrogens with one attached hydrogen (secondary N) is 1. The summed E-state index contributed by atoms with van der Waals surface area (Å²) in [5, 5.41) is 10.6. The molecule has 2 aromatic rings. The number of halogens is 1. The summed E-state index contributed by atoms with van der Waals surface area (Å²) in [5.74, 6) is -0.715. The van der Waals surface area contributed by atoms with E-state index in [1.807, 2.05) is 0 Å². The first-order chi connectivity index (χ1) is 9.81. The maximum atomic E-state index is 13.2. The van der Waals surface area contributed by atoms with Crippen LogP contribution in [0.2, 0.25) is 0 Å². The number of hydrogen-bond acceptors (Lipinski definition) is 5. The molecule has 0 radical (unpaired) electrons. The lowest BCUT2D eigenvalue weighted by molar-refractivity contribution is -0.387. The number of nitro benzene ring substituents is 1. The molecule has 0 unspecified atom stereocenters. The highest BCUT2D eigenvalue weighted by molar-refractivity contribution is 7.89. The highest BCUT2D eigenvalue weighted by atomic mass is 32.2. The number of benzene rings is 1. The Morgan fingerprint density at radius 1 is 1.38 bits per heavy atom. The zero-order valence-electron chi connectivity index (χ0n) is 10.8. The lowest BCUT2D eigenvalue weighted by Gasteiger charge is -2.12. The molecule has 0 spiro atoms. The molecular weight excluding hydrogens is 303 g/mol. The summed E-state index contributed by atoms with van der Waals surface area (Å²) in [6.45, 7) is 1.55. The van der Waals surface area contributed by atoms with E-state index in [0.29, 0.717) is 11.8 Å². The second-order valence-corrected chi connectivity index (χ2v) is 5.94. The van der Waals surface area contributed by atoms with Crippen LogP contribution in [0.4, 0.5) is 10.1 Å². The molecule has 0 amide bonds. The average molecular weight is 314 g/mol. The zero-order chi connectivity index (χ0) is 15.6. The van der Waals surface area contributed by atoms with Crippen molar-refractivity contribution in [2.75, 3.05) is 0 Å². The Morgan fingerprint density at radius 2 is 2.10 bits per heavy atom. The van der Waals surface area contributed by atoms with Crippen LogP contribution < -0.4 is 4.72 Å². The van der Waals surface area contributed by atoms with Gasteiger partial charge in [0.2, 0.25) is 15.8 Å². The van der Waals surface area contributed by atoms with Crippen molar-refractivity contribution in [1.29, 1.82) is 0 Å². The smallest absolute Gasteiger partial charge is 0.306 e. The van der Waals surface area contributed by atoms with Crippen molar-refractivity contribution >= 4 is 15.7 Å². The van der Waals surface area contributed by atoms with Gasteiger partial charge in [-0.2, -0.15) is 4.39 Å². The van der Waals surface area contributed by atoms with Gasteiger partial charge in [0.05, 0.1) is 22.1 Å². The predicted octanol–water partition coefficient (Wildman–Crippen LogP) is 2.37. The Kier molecular flexibility index (Phi) is 4.05. The molecular formula is C12H11FN2O5S. The van der Waals surface area contributed by atoms with Gasteiger partial charge in [0, 0.05) is 6.07 Å². The molecule has 1 atom stereocenters. The molecule has 2 rings (SSSR count). The second-order valence-electron chi connectivity index (χ2n) is 4.23. The summed E-state index contributed by atoms with van der Waals surface area (Å²) in [5.41, 5.74) is -0.900. The summed E-state index contributed by atoms with van der Waals surface area (Å²) in [6, 6.07) is 4.88. The predicted molar refractivity (Wildman–Crippen MR) is 70.5 cm³/mol. The van der Waals surface area contributed by atoms with Crippen LogP contribution in [0.1, 0.15) is 18.7 Å². The summed E-state index contributed by atoms with van der Waals surface area (Å²) in [6.07, 6.45) is 1.39. The third-order valence-corrected chi connectivity index (χ3v) is 4.26. The van der Waals surface area contributed by atoms with E-state index in [1.54, 1.807) is 19.1 Å². The van der Waals surface area contributed by atoms with Gasteiger partial charge < -0.3 is 4.42 Å². The Morgan fingerprint density at radius 3 is 2.67 bits per heavy atom. The topological polar surface area (TPSA) is 102 Å². The number of hydrogen-bond donors (Lipinski definition) is 1. The molecule has 0 aliphatic carbocycles. The Balaban J connectivity index is 2.32. The third kappa shape index (κ3) is 3.26. The zero-order valence-corrected chi connectivity index (χ0v) is 11.6. The summed E-state index contributed by atoms with van der Waals surface area (Å²) in [4.78, 5) is 9.27. The summed E-state index contributed by atoms with van der Waals surface area (Å²) < 4.78 is 44.8. The monoisotopic (exact) mass is 314 g/mol. The van der Waals surface area contributed by atoms with Crippen molar-refractivity contribution in [1.82, 2.24) is 4.72 Å². The SMILES string of the molecule is C[C@H](NS(=O)(=O)c1ccc(F)c([N+](=O)[O-])c1)c1ccco1. The van der Waals surface area contributed by atoms with Gasteiger partial charge in [-0.15, -0.1) is 0 Å². The van der Waals surface area contributed by atoms with E-state index < -0.39 is 37.4 Å². The normalized spacial score (nSPS) is 13.0. The Hall–Kier alpha value is -2.26. The fourth-order valence-corrected chi connectivity index (χ4v) is 2.93. The van der Waals surface area contributed by atoms with Crippen molar-refractivity contribution in [3.63, 3.8) is 0 Å². The second kappa shape index (κ2) is 5.62. The maximum Gasteiger partial charge on any atom is 0.306 e.